The lowest BCUT2D eigenvalue weighted by atomic mass is 9.98. The van der Waals surface area contributed by atoms with Crippen LogP contribution >= 0.6 is 23.7 Å². The minimum absolute atomic E-state index is 0. The highest BCUT2D eigenvalue weighted by Crippen LogP contribution is 2.38. The van der Waals surface area contributed by atoms with Gasteiger partial charge in [-0.05, 0) is 49.3 Å². The molecule has 2 aromatic rings. The predicted molar refractivity (Wildman–Crippen MR) is 103 cm³/mol. The van der Waals surface area contributed by atoms with E-state index < -0.39 is 0 Å². The van der Waals surface area contributed by atoms with Gasteiger partial charge in [-0.3, -0.25) is 4.79 Å². The number of aromatic nitrogens is 1. The van der Waals surface area contributed by atoms with Crippen LogP contribution in [0.1, 0.15) is 38.8 Å². The predicted octanol–water partition coefficient (Wildman–Crippen LogP) is 3.41. The van der Waals surface area contributed by atoms with E-state index in [2.05, 4.69) is 4.98 Å². The summed E-state index contributed by atoms with van der Waals surface area (Å²) in [7, 11) is 0. The molecule has 1 aromatic heterocycles. The molecule has 1 aliphatic heterocycles. The molecule has 3 unspecified atom stereocenters. The second-order valence-corrected chi connectivity index (χ2v) is 8.28. The van der Waals surface area contributed by atoms with Gasteiger partial charge in [0.25, 0.3) is 5.91 Å². The Kier molecular flexibility index (Phi) is 5.65. The van der Waals surface area contributed by atoms with Gasteiger partial charge in [0.2, 0.25) is 0 Å². The van der Waals surface area contributed by atoms with E-state index in [-0.39, 0.29) is 30.2 Å². The summed E-state index contributed by atoms with van der Waals surface area (Å²) >= 11 is 1.46. The topological polar surface area (TPSA) is 59.2 Å². The normalized spacial score (nSPS) is 24.4. The number of likely N-dealkylation sites (tertiary alicyclic amines) is 1. The molecule has 2 heterocycles. The van der Waals surface area contributed by atoms with Crippen molar-refractivity contribution in [1.82, 2.24) is 9.88 Å². The van der Waals surface area contributed by atoms with Gasteiger partial charge in [0.05, 0.1) is 10.7 Å². The van der Waals surface area contributed by atoms with Crippen molar-refractivity contribution >= 4 is 29.7 Å². The van der Waals surface area contributed by atoms with Crippen molar-refractivity contribution < 1.29 is 9.18 Å². The van der Waals surface area contributed by atoms with Crippen LogP contribution < -0.4 is 5.73 Å². The van der Waals surface area contributed by atoms with Crippen LogP contribution in [0.2, 0.25) is 0 Å². The van der Waals surface area contributed by atoms with Gasteiger partial charge >= 0.3 is 0 Å². The summed E-state index contributed by atoms with van der Waals surface area (Å²) in [4.78, 5) is 20.2. The Morgan fingerprint density at radius 2 is 2.04 bits per heavy atom. The van der Waals surface area contributed by atoms with Crippen LogP contribution in [0, 0.1) is 24.6 Å². The first kappa shape index (κ1) is 19.3. The van der Waals surface area contributed by atoms with Crippen molar-refractivity contribution in [2.75, 3.05) is 13.1 Å². The van der Waals surface area contributed by atoms with Crippen LogP contribution in [-0.4, -0.2) is 34.9 Å². The standard InChI is InChI=1S/C19H22FN3OS.ClH/c1-11-18(19(24)23-9-13-4-7-16(21)15(13)10-23)25-17(22-11)8-12-2-5-14(20)6-3-12;/h2-3,5-6,13,15-16H,4,7-10,21H2,1H3;1H. The highest BCUT2D eigenvalue weighted by Gasteiger charge is 2.43. The first-order valence-corrected chi connectivity index (χ1v) is 9.58. The molecule has 0 spiro atoms. The Morgan fingerprint density at radius 3 is 2.73 bits per heavy atom. The number of nitrogens with zero attached hydrogens (tertiary/aromatic N) is 2. The minimum atomic E-state index is -0.243. The van der Waals surface area contributed by atoms with Crippen molar-refractivity contribution in [3.8, 4) is 0 Å². The number of amides is 1. The number of aryl methyl sites for hydroxylation is 1. The maximum atomic E-state index is 13.0. The van der Waals surface area contributed by atoms with E-state index in [0.717, 1.165) is 47.1 Å². The van der Waals surface area contributed by atoms with Crippen LogP contribution in [0.25, 0.3) is 0 Å². The van der Waals surface area contributed by atoms with E-state index >= 15 is 0 Å². The fourth-order valence-corrected chi connectivity index (χ4v) is 5.19. The highest BCUT2D eigenvalue weighted by atomic mass is 35.5. The Bertz CT molecular complexity index is 795. The third kappa shape index (κ3) is 3.63. The SMILES string of the molecule is Cc1nc(Cc2ccc(F)cc2)sc1C(=O)N1CC2CCC(N)C2C1.Cl. The molecule has 1 amide bonds. The van der Waals surface area contributed by atoms with Crippen LogP contribution in [0.4, 0.5) is 4.39 Å². The van der Waals surface area contributed by atoms with Crippen molar-refractivity contribution in [3.05, 3.63) is 51.2 Å². The zero-order valence-corrected chi connectivity index (χ0v) is 16.3. The lowest BCUT2D eigenvalue weighted by molar-refractivity contribution is 0.0783. The van der Waals surface area contributed by atoms with Crippen molar-refractivity contribution in [2.45, 2.75) is 32.2 Å². The van der Waals surface area contributed by atoms with Gasteiger partial charge in [0.15, 0.2) is 0 Å². The molecule has 1 aromatic carbocycles. The molecule has 3 atom stereocenters. The molecule has 1 saturated carbocycles. The van der Waals surface area contributed by atoms with E-state index in [1.807, 2.05) is 11.8 Å². The molecule has 1 saturated heterocycles. The van der Waals surface area contributed by atoms with Gasteiger partial charge in [-0.1, -0.05) is 12.1 Å². The average molecular weight is 396 g/mol. The summed E-state index contributed by atoms with van der Waals surface area (Å²) in [5.74, 6) is 0.858. The van der Waals surface area contributed by atoms with Gasteiger partial charge < -0.3 is 10.6 Å². The van der Waals surface area contributed by atoms with Crippen LogP contribution in [-0.2, 0) is 6.42 Å². The van der Waals surface area contributed by atoms with Crippen molar-refractivity contribution in [1.29, 1.82) is 0 Å². The average Bonchev–Trinajstić information content (AvgIpc) is 3.26. The number of fused-ring (bicyclic) bond motifs is 1. The summed E-state index contributed by atoms with van der Waals surface area (Å²) < 4.78 is 13.0. The molecule has 1 aliphatic carbocycles. The molecule has 7 heteroatoms. The van der Waals surface area contributed by atoms with Crippen molar-refractivity contribution in [2.24, 2.45) is 17.6 Å². The van der Waals surface area contributed by atoms with Crippen LogP contribution in [0.3, 0.4) is 0 Å². The summed E-state index contributed by atoms with van der Waals surface area (Å²) in [6.07, 6.45) is 2.83. The summed E-state index contributed by atoms with van der Waals surface area (Å²) in [6.45, 7) is 3.48. The number of benzene rings is 1. The Hall–Kier alpha value is -1.50. The second kappa shape index (κ2) is 7.62. The molecular formula is C19H23ClFN3OS. The zero-order chi connectivity index (χ0) is 17.6. The second-order valence-electron chi connectivity index (χ2n) is 7.20. The number of halogens is 2. The maximum Gasteiger partial charge on any atom is 0.265 e. The monoisotopic (exact) mass is 395 g/mol. The fourth-order valence-electron chi connectivity index (χ4n) is 4.12. The van der Waals surface area contributed by atoms with Crippen molar-refractivity contribution in [3.63, 3.8) is 0 Å². The van der Waals surface area contributed by atoms with Gasteiger partial charge in [0, 0.05) is 25.6 Å². The van der Waals surface area contributed by atoms with Crippen LogP contribution in [0.15, 0.2) is 24.3 Å². The number of carbonyl (C=O) groups is 1. The number of hydrogen-bond acceptors (Lipinski definition) is 4. The molecule has 0 bridgehead atoms. The molecule has 4 nitrogen and oxygen atoms in total. The zero-order valence-electron chi connectivity index (χ0n) is 14.7. The van der Waals surface area contributed by atoms with E-state index in [1.54, 1.807) is 12.1 Å². The first-order valence-electron chi connectivity index (χ1n) is 8.77. The van der Waals surface area contributed by atoms with Gasteiger partial charge in [-0.15, -0.1) is 23.7 Å². The molecule has 140 valence electrons. The molecule has 2 aliphatic rings. The first-order chi connectivity index (χ1) is 12.0. The number of thiazole rings is 1. The summed E-state index contributed by atoms with van der Waals surface area (Å²) in [5.41, 5.74) is 7.96. The molecule has 0 radical (unpaired) electrons. The molecular weight excluding hydrogens is 373 g/mol. The maximum absolute atomic E-state index is 13.0. The lowest BCUT2D eigenvalue weighted by Crippen LogP contribution is -2.33. The Morgan fingerprint density at radius 1 is 1.31 bits per heavy atom. The molecule has 26 heavy (non-hydrogen) atoms. The molecule has 2 fully saturated rings. The van der Waals surface area contributed by atoms with E-state index in [1.165, 1.54) is 23.5 Å². The number of rotatable bonds is 3. The summed E-state index contributed by atoms with van der Waals surface area (Å²) in [5, 5.41) is 0.892. The molecule has 2 N–H and O–H groups in total. The van der Waals surface area contributed by atoms with Crippen LogP contribution in [0.5, 0.6) is 0 Å². The van der Waals surface area contributed by atoms with E-state index in [0.29, 0.717) is 18.3 Å². The Labute approximate surface area is 163 Å². The number of nitrogens with two attached hydrogens (primary N) is 1. The Balaban J connectivity index is 0.00000196. The van der Waals surface area contributed by atoms with Gasteiger partial charge in [0.1, 0.15) is 10.7 Å². The van der Waals surface area contributed by atoms with E-state index in [9.17, 15) is 9.18 Å². The number of carbonyl (C=O) groups excluding carboxylic acids is 1. The lowest BCUT2D eigenvalue weighted by Gasteiger charge is -2.18. The highest BCUT2D eigenvalue weighted by molar-refractivity contribution is 7.13. The minimum Gasteiger partial charge on any atom is -0.337 e. The van der Waals surface area contributed by atoms with Gasteiger partial charge in [-0.2, -0.15) is 0 Å². The number of hydrogen-bond donors (Lipinski definition) is 1. The third-order valence-corrected chi connectivity index (χ3v) is 6.65. The summed E-state index contributed by atoms with van der Waals surface area (Å²) in [6, 6.07) is 6.66. The third-order valence-electron chi connectivity index (χ3n) is 5.50. The molecule has 4 rings (SSSR count). The largest absolute Gasteiger partial charge is 0.337 e. The van der Waals surface area contributed by atoms with Gasteiger partial charge in [-0.25, -0.2) is 9.37 Å². The fraction of sp³-hybridized carbons (Fsp3) is 0.474. The van der Waals surface area contributed by atoms with E-state index in [4.69, 9.17) is 5.73 Å². The quantitative estimate of drug-likeness (QED) is 0.866. The smallest absolute Gasteiger partial charge is 0.265 e.